The van der Waals surface area contributed by atoms with E-state index < -0.39 is 5.60 Å². The first-order chi connectivity index (χ1) is 14.0. The number of allylic oxidation sites excluding steroid dienone is 5. The first-order valence-electron chi connectivity index (χ1n) is 12.4. The second kappa shape index (κ2) is 7.47. The largest absolute Gasteiger partial charge is 0.385 e. The van der Waals surface area contributed by atoms with Gasteiger partial charge in [-0.1, -0.05) is 65.8 Å². The maximum Gasteiger partial charge on any atom is 0.156 e. The molecule has 30 heavy (non-hydrogen) atoms. The van der Waals surface area contributed by atoms with Gasteiger partial charge < -0.3 is 5.11 Å². The van der Waals surface area contributed by atoms with Crippen LogP contribution in [0.15, 0.2) is 36.0 Å². The number of rotatable bonds is 4. The molecule has 0 spiro atoms. The predicted octanol–water partition coefficient (Wildman–Crippen LogP) is 6.51. The molecule has 1 N–H and O–H groups in total. The zero-order valence-electron chi connectivity index (χ0n) is 19.9. The number of aliphatic hydroxyl groups is 1. The van der Waals surface area contributed by atoms with Crippen LogP contribution in [-0.2, 0) is 4.79 Å². The van der Waals surface area contributed by atoms with E-state index in [1.54, 1.807) is 0 Å². The zero-order chi connectivity index (χ0) is 21.9. The molecule has 0 unspecified atom stereocenters. The standard InChI is InChI=1S/C28H42O2/c1-18(2)19(3)7-8-20(4)23-9-10-24-27(23,6)15-13-25-26(5)14-12-22(29)17-21(26)11-16-28(24,25)30/h7-8,11,16-20,23-25,30H,9-10,12-15H2,1-6H3/t19-,20+,23+,24+,25+,26-,27+,28-/m0/s1. The Kier molecular flexibility index (Phi) is 5.49. The van der Waals surface area contributed by atoms with Crippen molar-refractivity contribution in [3.05, 3.63) is 36.0 Å². The van der Waals surface area contributed by atoms with Gasteiger partial charge in [0.1, 0.15) is 0 Å². The third kappa shape index (κ3) is 3.20. The monoisotopic (exact) mass is 410 g/mol. The van der Waals surface area contributed by atoms with Crippen molar-refractivity contribution in [2.24, 2.45) is 46.3 Å². The first-order valence-corrected chi connectivity index (χ1v) is 12.4. The van der Waals surface area contributed by atoms with Crippen molar-refractivity contribution in [1.29, 1.82) is 0 Å². The number of carbonyl (C=O) groups excluding carboxylic acids is 1. The minimum atomic E-state index is -0.733. The van der Waals surface area contributed by atoms with Gasteiger partial charge in [0.15, 0.2) is 5.78 Å². The fraction of sp³-hybridized carbons (Fsp3) is 0.750. The van der Waals surface area contributed by atoms with Crippen LogP contribution in [0.25, 0.3) is 0 Å². The molecule has 4 aliphatic rings. The lowest BCUT2D eigenvalue weighted by Crippen LogP contribution is -2.60. The van der Waals surface area contributed by atoms with E-state index in [4.69, 9.17) is 0 Å². The lowest BCUT2D eigenvalue weighted by molar-refractivity contribution is -0.149. The molecule has 4 aliphatic carbocycles. The maximum atomic E-state index is 12.2. The molecule has 0 radical (unpaired) electrons. The minimum Gasteiger partial charge on any atom is -0.385 e. The molecule has 4 rings (SSSR count). The summed E-state index contributed by atoms with van der Waals surface area (Å²) in [7, 11) is 0. The molecule has 2 heteroatoms. The minimum absolute atomic E-state index is 0.0605. The summed E-state index contributed by atoms with van der Waals surface area (Å²) in [6, 6.07) is 0. The Balaban J connectivity index is 1.62. The number of ketones is 1. The van der Waals surface area contributed by atoms with E-state index in [2.05, 4.69) is 65.8 Å². The van der Waals surface area contributed by atoms with Gasteiger partial charge in [0.05, 0.1) is 5.60 Å². The van der Waals surface area contributed by atoms with Crippen molar-refractivity contribution in [2.75, 3.05) is 0 Å². The van der Waals surface area contributed by atoms with Crippen LogP contribution in [0, 0.1) is 46.3 Å². The molecule has 0 aromatic carbocycles. The highest BCUT2D eigenvalue weighted by molar-refractivity contribution is 5.92. The summed E-state index contributed by atoms with van der Waals surface area (Å²) in [6.07, 6.45) is 17.0. The molecule has 2 nitrogen and oxygen atoms in total. The predicted molar refractivity (Wildman–Crippen MR) is 124 cm³/mol. The SMILES string of the molecule is CC(C)[C@@H](C)C=C[C@@H](C)[C@H]1CC[C@H]2[C@@]3(O)C=CC4=CC(=O)CC[C@]4(C)[C@H]3CC[C@]12C. The van der Waals surface area contributed by atoms with Crippen LogP contribution in [0.5, 0.6) is 0 Å². The fourth-order valence-electron chi connectivity index (χ4n) is 7.72. The Morgan fingerprint density at radius 3 is 2.47 bits per heavy atom. The number of hydrogen-bond acceptors (Lipinski definition) is 2. The van der Waals surface area contributed by atoms with Gasteiger partial charge in [-0.05, 0) is 84.2 Å². The van der Waals surface area contributed by atoms with Crippen molar-refractivity contribution < 1.29 is 9.90 Å². The Hall–Kier alpha value is -1.15. The van der Waals surface area contributed by atoms with Gasteiger partial charge in [0.25, 0.3) is 0 Å². The molecule has 0 aromatic rings. The van der Waals surface area contributed by atoms with Crippen LogP contribution in [0.4, 0.5) is 0 Å². The van der Waals surface area contributed by atoms with Gasteiger partial charge in [0.2, 0.25) is 0 Å². The van der Waals surface area contributed by atoms with Crippen molar-refractivity contribution in [2.45, 2.75) is 85.7 Å². The van der Waals surface area contributed by atoms with Crippen LogP contribution < -0.4 is 0 Å². The molecular formula is C28H42O2. The van der Waals surface area contributed by atoms with Gasteiger partial charge in [-0.15, -0.1) is 0 Å². The summed E-state index contributed by atoms with van der Waals surface area (Å²) in [4.78, 5) is 12.0. The van der Waals surface area contributed by atoms with Crippen molar-refractivity contribution >= 4 is 5.78 Å². The van der Waals surface area contributed by atoms with E-state index in [1.807, 2.05) is 6.08 Å². The van der Waals surface area contributed by atoms with E-state index >= 15 is 0 Å². The van der Waals surface area contributed by atoms with E-state index in [1.165, 1.54) is 12.8 Å². The quantitative estimate of drug-likeness (QED) is 0.536. The average Bonchev–Trinajstić information content (AvgIpc) is 3.05. The Morgan fingerprint density at radius 1 is 1.03 bits per heavy atom. The second-order valence-electron chi connectivity index (χ2n) is 11.9. The van der Waals surface area contributed by atoms with E-state index in [9.17, 15) is 9.90 Å². The molecule has 2 fully saturated rings. The number of fused-ring (bicyclic) bond motifs is 5. The molecule has 0 amide bonds. The molecule has 2 saturated carbocycles. The maximum absolute atomic E-state index is 12.2. The molecule has 8 atom stereocenters. The molecular weight excluding hydrogens is 368 g/mol. The van der Waals surface area contributed by atoms with E-state index in [-0.39, 0.29) is 22.5 Å². The van der Waals surface area contributed by atoms with Gasteiger partial charge in [0, 0.05) is 12.3 Å². The van der Waals surface area contributed by atoms with Crippen molar-refractivity contribution in [1.82, 2.24) is 0 Å². The fourth-order valence-corrected chi connectivity index (χ4v) is 7.72. The molecule has 0 aliphatic heterocycles. The van der Waals surface area contributed by atoms with E-state index in [0.29, 0.717) is 36.0 Å². The third-order valence-corrected chi connectivity index (χ3v) is 10.1. The highest BCUT2D eigenvalue weighted by Gasteiger charge is 2.64. The summed E-state index contributed by atoms with van der Waals surface area (Å²) in [6.45, 7) is 14.1. The molecule has 0 bridgehead atoms. The van der Waals surface area contributed by atoms with Gasteiger partial charge in [-0.2, -0.15) is 0 Å². The summed E-state index contributed by atoms with van der Waals surface area (Å²) in [5.74, 6) is 3.27. The van der Waals surface area contributed by atoms with Crippen LogP contribution in [-0.4, -0.2) is 16.5 Å². The first kappa shape index (κ1) is 22.1. The van der Waals surface area contributed by atoms with Crippen LogP contribution in [0.2, 0.25) is 0 Å². The van der Waals surface area contributed by atoms with Crippen molar-refractivity contribution in [3.8, 4) is 0 Å². The third-order valence-electron chi connectivity index (χ3n) is 10.1. The van der Waals surface area contributed by atoms with Crippen LogP contribution >= 0.6 is 0 Å². The second-order valence-corrected chi connectivity index (χ2v) is 11.9. The number of hydrogen-bond donors (Lipinski definition) is 1. The van der Waals surface area contributed by atoms with Crippen LogP contribution in [0.3, 0.4) is 0 Å². The normalized spacial score (nSPS) is 45.1. The Morgan fingerprint density at radius 2 is 1.77 bits per heavy atom. The highest BCUT2D eigenvalue weighted by atomic mass is 16.3. The zero-order valence-corrected chi connectivity index (χ0v) is 19.9. The molecule has 0 saturated heterocycles. The Bertz CT molecular complexity index is 788. The van der Waals surface area contributed by atoms with Gasteiger partial charge >= 0.3 is 0 Å². The van der Waals surface area contributed by atoms with E-state index in [0.717, 1.165) is 24.8 Å². The van der Waals surface area contributed by atoms with Gasteiger partial charge in [-0.3, -0.25) is 4.79 Å². The summed E-state index contributed by atoms with van der Waals surface area (Å²) >= 11 is 0. The van der Waals surface area contributed by atoms with Crippen molar-refractivity contribution in [3.63, 3.8) is 0 Å². The smallest absolute Gasteiger partial charge is 0.156 e. The van der Waals surface area contributed by atoms with Gasteiger partial charge in [-0.25, -0.2) is 0 Å². The lowest BCUT2D eigenvalue weighted by Gasteiger charge is -2.60. The lowest BCUT2D eigenvalue weighted by atomic mass is 9.46. The number of carbonyl (C=O) groups is 1. The van der Waals surface area contributed by atoms with Crippen LogP contribution in [0.1, 0.15) is 80.1 Å². The summed E-state index contributed by atoms with van der Waals surface area (Å²) in [5, 5.41) is 12.2. The molecule has 0 heterocycles. The summed E-state index contributed by atoms with van der Waals surface area (Å²) < 4.78 is 0. The average molecular weight is 411 g/mol. The summed E-state index contributed by atoms with van der Waals surface area (Å²) in [5.41, 5.74) is 0.547. The molecule has 0 aromatic heterocycles. The highest BCUT2D eigenvalue weighted by Crippen LogP contribution is 2.67. The topological polar surface area (TPSA) is 37.3 Å². The molecule has 166 valence electrons. The Labute approximate surface area is 183 Å².